The van der Waals surface area contributed by atoms with Crippen LogP contribution >= 0.6 is 12.6 Å². The molecule has 0 heterocycles. The standard InChI is InChI=1S/C11H25NOS/c1-3-12(9-10-13-2)8-6-4-5-7-11-14/h14H,3-11H2,1-2H3. The van der Waals surface area contributed by atoms with Crippen LogP contribution in [0.15, 0.2) is 0 Å². The Morgan fingerprint density at radius 2 is 1.79 bits per heavy atom. The van der Waals surface area contributed by atoms with E-state index in [2.05, 4.69) is 24.5 Å². The molecule has 0 aliphatic rings. The largest absolute Gasteiger partial charge is 0.383 e. The molecule has 0 aliphatic carbocycles. The molecule has 14 heavy (non-hydrogen) atoms. The Morgan fingerprint density at radius 3 is 2.36 bits per heavy atom. The molecule has 0 bridgehead atoms. The van der Waals surface area contributed by atoms with E-state index < -0.39 is 0 Å². The third kappa shape index (κ3) is 8.85. The highest BCUT2D eigenvalue weighted by Crippen LogP contribution is 2.02. The second-order valence-corrected chi connectivity index (χ2v) is 4.01. The summed E-state index contributed by atoms with van der Waals surface area (Å²) < 4.78 is 5.07. The molecule has 0 aliphatic heterocycles. The number of rotatable bonds is 10. The minimum Gasteiger partial charge on any atom is -0.383 e. The summed E-state index contributed by atoms with van der Waals surface area (Å²) in [6.07, 6.45) is 5.23. The van der Waals surface area contributed by atoms with Gasteiger partial charge in [0.25, 0.3) is 0 Å². The van der Waals surface area contributed by atoms with Crippen molar-refractivity contribution in [2.75, 3.05) is 39.1 Å². The van der Waals surface area contributed by atoms with Crippen LogP contribution in [0.25, 0.3) is 0 Å². The second kappa shape index (κ2) is 11.3. The van der Waals surface area contributed by atoms with Crippen molar-refractivity contribution in [2.24, 2.45) is 0 Å². The van der Waals surface area contributed by atoms with Gasteiger partial charge in [-0.25, -0.2) is 0 Å². The molecule has 0 aromatic heterocycles. The van der Waals surface area contributed by atoms with Crippen LogP contribution in [0.4, 0.5) is 0 Å². The number of nitrogens with zero attached hydrogens (tertiary/aromatic N) is 1. The summed E-state index contributed by atoms with van der Waals surface area (Å²) in [6, 6.07) is 0. The van der Waals surface area contributed by atoms with Gasteiger partial charge in [-0.2, -0.15) is 12.6 Å². The smallest absolute Gasteiger partial charge is 0.0589 e. The fourth-order valence-electron chi connectivity index (χ4n) is 1.45. The van der Waals surface area contributed by atoms with Crippen molar-refractivity contribution in [1.82, 2.24) is 4.90 Å². The van der Waals surface area contributed by atoms with E-state index in [1.165, 1.54) is 32.2 Å². The fourth-order valence-corrected chi connectivity index (χ4v) is 1.67. The molecule has 3 heteroatoms. The molecule has 0 saturated carbocycles. The molecule has 0 radical (unpaired) electrons. The normalized spacial score (nSPS) is 11.1. The predicted molar refractivity (Wildman–Crippen MR) is 66.3 cm³/mol. The molecule has 0 N–H and O–H groups in total. The SMILES string of the molecule is CCN(CCCCCCS)CCOC. The van der Waals surface area contributed by atoms with Crippen molar-refractivity contribution in [3.8, 4) is 0 Å². The molecule has 0 fully saturated rings. The lowest BCUT2D eigenvalue weighted by Crippen LogP contribution is -2.28. The van der Waals surface area contributed by atoms with E-state index in [0.29, 0.717) is 0 Å². The van der Waals surface area contributed by atoms with Crippen LogP contribution in [-0.4, -0.2) is 44.0 Å². The van der Waals surface area contributed by atoms with Crippen LogP contribution in [0.1, 0.15) is 32.6 Å². The molecule has 0 amide bonds. The van der Waals surface area contributed by atoms with Gasteiger partial charge >= 0.3 is 0 Å². The van der Waals surface area contributed by atoms with E-state index in [1.54, 1.807) is 7.11 Å². The van der Waals surface area contributed by atoms with Gasteiger partial charge in [-0.15, -0.1) is 0 Å². The van der Waals surface area contributed by atoms with Crippen molar-refractivity contribution < 1.29 is 4.74 Å². The first-order valence-corrected chi connectivity index (χ1v) is 6.30. The number of thiol groups is 1. The van der Waals surface area contributed by atoms with E-state index in [4.69, 9.17) is 4.74 Å². The van der Waals surface area contributed by atoms with Crippen molar-refractivity contribution in [1.29, 1.82) is 0 Å². The second-order valence-electron chi connectivity index (χ2n) is 3.56. The first-order valence-electron chi connectivity index (χ1n) is 5.67. The van der Waals surface area contributed by atoms with Crippen LogP contribution in [0.3, 0.4) is 0 Å². The van der Waals surface area contributed by atoms with Gasteiger partial charge in [0, 0.05) is 13.7 Å². The first-order chi connectivity index (χ1) is 6.85. The molecule has 0 aromatic rings. The zero-order valence-electron chi connectivity index (χ0n) is 9.67. The Bertz CT molecular complexity index is 111. The predicted octanol–water partition coefficient (Wildman–Crippen LogP) is 2.44. The van der Waals surface area contributed by atoms with Crippen LogP contribution in [-0.2, 0) is 4.74 Å². The Morgan fingerprint density at radius 1 is 1.07 bits per heavy atom. The quantitative estimate of drug-likeness (QED) is 0.447. The van der Waals surface area contributed by atoms with Crippen LogP contribution < -0.4 is 0 Å². The van der Waals surface area contributed by atoms with Gasteiger partial charge in [-0.05, 0) is 31.7 Å². The highest BCUT2D eigenvalue weighted by Gasteiger charge is 2.00. The van der Waals surface area contributed by atoms with E-state index in [0.717, 1.165) is 25.4 Å². The lowest BCUT2D eigenvalue weighted by atomic mass is 10.2. The number of likely N-dealkylation sites (N-methyl/N-ethyl adjacent to an activating group) is 1. The summed E-state index contributed by atoms with van der Waals surface area (Å²) in [4.78, 5) is 2.45. The molecule has 0 atom stereocenters. The van der Waals surface area contributed by atoms with Crippen LogP contribution in [0.5, 0.6) is 0 Å². The minimum absolute atomic E-state index is 0.852. The molecule has 86 valence electrons. The van der Waals surface area contributed by atoms with Gasteiger partial charge in [0.15, 0.2) is 0 Å². The minimum atomic E-state index is 0.852. The third-order valence-corrected chi connectivity index (χ3v) is 2.76. The lowest BCUT2D eigenvalue weighted by Gasteiger charge is -2.19. The molecule has 2 nitrogen and oxygen atoms in total. The first kappa shape index (κ1) is 14.3. The van der Waals surface area contributed by atoms with Crippen LogP contribution in [0.2, 0.25) is 0 Å². The van der Waals surface area contributed by atoms with Gasteiger partial charge in [0.2, 0.25) is 0 Å². The average Bonchev–Trinajstić information content (AvgIpc) is 2.22. The van der Waals surface area contributed by atoms with Gasteiger partial charge in [-0.1, -0.05) is 19.8 Å². The van der Waals surface area contributed by atoms with Crippen LogP contribution in [0, 0.1) is 0 Å². The Labute approximate surface area is 94.4 Å². The lowest BCUT2D eigenvalue weighted by molar-refractivity contribution is 0.149. The topological polar surface area (TPSA) is 12.5 Å². The monoisotopic (exact) mass is 219 g/mol. The van der Waals surface area contributed by atoms with Crippen molar-refractivity contribution in [2.45, 2.75) is 32.6 Å². The van der Waals surface area contributed by atoms with E-state index in [-0.39, 0.29) is 0 Å². The van der Waals surface area contributed by atoms with E-state index in [1.807, 2.05) is 0 Å². The Balaban J connectivity index is 3.24. The highest BCUT2D eigenvalue weighted by molar-refractivity contribution is 7.80. The summed E-state index contributed by atoms with van der Waals surface area (Å²) in [5, 5.41) is 0. The molecular formula is C11H25NOS. The maximum atomic E-state index is 5.07. The molecule has 0 saturated heterocycles. The summed E-state index contributed by atoms with van der Waals surface area (Å²) >= 11 is 4.20. The summed E-state index contributed by atoms with van der Waals surface area (Å²) in [7, 11) is 1.76. The Kier molecular flexibility index (Phi) is 11.6. The van der Waals surface area contributed by atoms with Gasteiger partial charge in [0.1, 0.15) is 0 Å². The summed E-state index contributed by atoms with van der Waals surface area (Å²) in [5.74, 6) is 1.03. The Hall–Kier alpha value is 0.270. The zero-order valence-corrected chi connectivity index (χ0v) is 10.6. The van der Waals surface area contributed by atoms with Gasteiger partial charge < -0.3 is 9.64 Å². The molecule has 0 spiro atoms. The third-order valence-electron chi connectivity index (χ3n) is 2.44. The van der Waals surface area contributed by atoms with Crippen molar-refractivity contribution in [3.63, 3.8) is 0 Å². The van der Waals surface area contributed by atoms with E-state index in [9.17, 15) is 0 Å². The summed E-state index contributed by atoms with van der Waals surface area (Å²) in [5.41, 5.74) is 0. The fraction of sp³-hybridized carbons (Fsp3) is 1.00. The molecule has 0 unspecified atom stereocenters. The number of methoxy groups -OCH3 is 1. The maximum Gasteiger partial charge on any atom is 0.0589 e. The number of ether oxygens (including phenoxy) is 1. The van der Waals surface area contributed by atoms with Gasteiger partial charge in [-0.3, -0.25) is 0 Å². The zero-order chi connectivity index (χ0) is 10.6. The van der Waals surface area contributed by atoms with Gasteiger partial charge in [0.05, 0.1) is 6.61 Å². The molecule has 0 rings (SSSR count). The molecule has 0 aromatic carbocycles. The van der Waals surface area contributed by atoms with Crippen molar-refractivity contribution in [3.05, 3.63) is 0 Å². The number of hydrogen-bond acceptors (Lipinski definition) is 3. The van der Waals surface area contributed by atoms with Crippen molar-refractivity contribution >= 4 is 12.6 Å². The van der Waals surface area contributed by atoms with E-state index >= 15 is 0 Å². The highest BCUT2D eigenvalue weighted by atomic mass is 32.1. The summed E-state index contributed by atoms with van der Waals surface area (Å²) in [6.45, 7) is 6.48. The average molecular weight is 219 g/mol. The maximum absolute atomic E-state index is 5.07. The number of unbranched alkanes of at least 4 members (excludes halogenated alkanes) is 3. The molecular weight excluding hydrogens is 194 g/mol. The number of hydrogen-bond donors (Lipinski definition) is 1.